The van der Waals surface area contributed by atoms with Gasteiger partial charge in [0.15, 0.2) is 11.0 Å². The number of carbonyl (C=O) groups is 2. The molecule has 1 aliphatic heterocycles. The van der Waals surface area contributed by atoms with E-state index in [4.69, 9.17) is 0 Å². The number of thioether (sulfide) groups is 1. The number of rotatable bonds is 10. The summed E-state index contributed by atoms with van der Waals surface area (Å²) in [5.41, 5.74) is 2.51. The minimum Gasteiger partial charge on any atom is -0.345 e. The van der Waals surface area contributed by atoms with Crippen molar-refractivity contribution in [2.45, 2.75) is 38.5 Å². The number of amides is 3. The van der Waals surface area contributed by atoms with Gasteiger partial charge in [0.25, 0.3) is 5.91 Å². The highest BCUT2D eigenvalue weighted by Crippen LogP contribution is 2.21. The number of urea groups is 1. The van der Waals surface area contributed by atoms with Crippen molar-refractivity contribution < 1.29 is 9.59 Å². The molecule has 0 aliphatic carbocycles. The summed E-state index contributed by atoms with van der Waals surface area (Å²) in [6, 6.07) is 17.4. The third-order valence-electron chi connectivity index (χ3n) is 5.49. The Hall–Kier alpha value is -3.33. The predicted octanol–water partition coefficient (Wildman–Crippen LogP) is 3.73. The molecule has 1 aromatic heterocycles. The van der Waals surface area contributed by atoms with Crippen molar-refractivity contribution in [2.75, 3.05) is 23.7 Å². The number of nitrogens with one attached hydrogen (secondary N) is 2. The second-order valence-electron chi connectivity index (χ2n) is 8.60. The van der Waals surface area contributed by atoms with E-state index >= 15 is 0 Å². The Labute approximate surface area is 204 Å². The fraction of sp³-hybridized carbons (Fsp3) is 0.360. The molecule has 4 rings (SSSR count). The van der Waals surface area contributed by atoms with Crippen molar-refractivity contribution in [1.82, 2.24) is 25.4 Å². The molecule has 0 unspecified atom stereocenters. The first kappa shape index (κ1) is 23.8. The minimum atomic E-state index is -0.209. The maximum Gasteiger partial charge on any atom is 0.321 e. The first-order chi connectivity index (χ1) is 16.5. The molecule has 8 nitrogen and oxygen atoms in total. The molecule has 2 heterocycles. The van der Waals surface area contributed by atoms with Crippen LogP contribution >= 0.6 is 11.8 Å². The number of benzene rings is 2. The Morgan fingerprint density at radius 2 is 1.97 bits per heavy atom. The summed E-state index contributed by atoms with van der Waals surface area (Å²) in [7, 11) is 0. The van der Waals surface area contributed by atoms with Crippen LogP contribution in [-0.2, 0) is 19.5 Å². The summed E-state index contributed by atoms with van der Waals surface area (Å²) < 4.78 is 2.10. The zero-order valence-corrected chi connectivity index (χ0v) is 20.3. The molecule has 1 saturated heterocycles. The van der Waals surface area contributed by atoms with Crippen LogP contribution in [0.25, 0.3) is 0 Å². The monoisotopic (exact) mass is 478 g/mol. The fourth-order valence-corrected chi connectivity index (χ4v) is 4.76. The van der Waals surface area contributed by atoms with Gasteiger partial charge in [0.2, 0.25) is 0 Å². The molecule has 3 aromatic rings. The molecule has 0 atom stereocenters. The third-order valence-corrected chi connectivity index (χ3v) is 6.46. The molecule has 0 saturated carbocycles. The van der Waals surface area contributed by atoms with E-state index in [0.29, 0.717) is 30.3 Å². The summed E-state index contributed by atoms with van der Waals surface area (Å²) in [6.45, 7) is 6.57. The lowest BCUT2D eigenvalue weighted by Gasteiger charge is -2.15. The van der Waals surface area contributed by atoms with Gasteiger partial charge in [-0.15, -0.1) is 10.2 Å². The number of nitrogens with zero attached hydrogens (tertiary/aromatic N) is 4. The number of anilines is 1. The van der Waals surface area contributed by atoms with Gasteiger partial charge < -0.3 is 15.2 Å². The summed E-state index contributed by atoms with van der Waals surface area (Å²) in [6.07, 6.45) is 0.956. The van der Waals surface area contributed by atoms with Crippen LogP contribution in [0.1, 0.15) is 35.6 Å². The lowest BCUT2D eigenvalue weighted by Crippen LogP contribution is -2.28. The van der Waals surface area contributed by atoms with E-state index in [9.17, 15) is 9.59 Å². The van der Waals surface area contributed by atoms with E-state index in [1.807, 2.05) is 12.1 Å². The van der Waals surface area contributed by atoms with Crippen molar-refractivity contribution in [2.24, 2.45) is 5.92 Å². The summed E-state index contributed by atoms with van der Waals surface area (Å²) >= 11 is 1.68. The van der Waals surface area contributed by atoms with Gasteiger partial charge >= 0.3 is 6.03 Å². The maximum atomic E-state index is 12.8. The molecular formula is C25H30N6O2S. The van der Waals surface area contributed by atoms with Gasteiger partial charge in [0, 0.05) is 36.6 Å². The van der Waals surface area contributed by atoms with Crippen molar-refractivity contribution in [3.05, 3.63) is 71.5 Å². The number of aromatic nitrogens is 3. The van der Waals surface area contributed by atoms with Crippen LogP contribution in [-0.4, -0.2) is 45.5 Å². The third kappa shape index (κ3) is 5.96. The van der Waals surface area contributed by atoms with Crippen LogP contribution in [0.5, 0.6) is 0 Å². The smallest absolute Gasteiger partial charge is 0.321 e. The lowest BCUT2D eigenvalue weighted by molar-refractivity contribution is 0.0949. The van der Waals surface area contributed by atoms with Crippen molar-refractivity contribution >= 4 is 29.4 Å². The quantitative estimate of drug-likeness (QED) is 0.433. The Balaban J connectivity index is 1.40. The van der Waals surface area contributed by atoms with E-state index < -0.39 is 0 Å². The molecule has 0 radical (unpaired) electrons. The van der Waals surface area contributed by atoms with Gasteiger partial charge in [-0.3, -0.25) is 9.69 Å². The largest absolute Gasteiger partial charge is 0.345 e. The fourth-order valence-electron chi connectivity index (χ4n) is 3.80. The number of aryl methyl sites for hydroxylation is 1. The average Bonchev–Trinajstić information content (AvgIpc) is 3.44. The predicted molar refractivity (Wildman–Crippen MR) is 134 cm³/mol. The molecule has 178 valence electrons. The zero-order valence-electron chi connectivity index (χ0n) is 19.5. The molecule has 2 aromatic carbocycles. The highest BCUT2D eigenvalue weighted by Gasteiger charge is 2.22. The molecule has 1 aliphatic rings. The van der Waals surface area contributed by atoms with E-state index in [1.165, 1.54) is 5.56 Å². The number of carbonyl (C=O) groups excluding carboxylic acids is 2. The Kier molecular flexibility index (Phi) is 7.84. The van der Waals surface area contributed by atoms with E-state index in [-0.39, 0.29) is 18.5 Å². The molecule has 0 bridgehead atoms. The van der Waals surface area contributed by atoms with Crippen LogP contribution in [0, 0.1) is 5.92 Å². The van der Waals surface area contributed by atoms with Crippen LogP contribution < -0.4 is 15.5 Å². The first-order valence-corrected chi connectivity index (χ1v) is 12.5. The molecule has 1 fully saturated rings. The SMILES string of the molecule is CC(C)Cn1c(CNC(=O)c2cccc(N3CCNC3=O)c2)nnc1SCCc1ccccc1. The standard InChI is InChI=1S/C25H30N6O2S/c1-18(2)17-31-22(28-29-25(31)34-14-11-19-7-4-3-5-8-19)16-27-23(32)20-9-6-10-21(15-20)30-13-12-26-24(30)33/h3-10,15,18H,11-14,16-17H2,1-2H3,(H,26,33)(H,27,32). The van der Waals surface area contributed by atoms with E-state index in [2.05, 4.69) is 63.5 Å². The van der Waals surface area contributed by atoms with Gasteiger partial charge in [-0.05, 0) is 36.1 Å². The van der Waals surface area contributed by atoms with Crippen LogP contribution in [0.3, 0.4) is 0 Å². The van der Waals surface area contributed by atoms with E-state index in [1.54, 1.807) is 34.9 Å². The Morgan fingerprint density at radius 1 is 1.15 bits per heavy atom. The number of hydrogen-bond donors (Lipinski definition) is 2. The Morgan fingerprint density at radius 3 is 2.71 bits per heavy atom. The summed E-state index contributed by atoms with van der Waals surface area (Å²) in [5, 5.41) is 15.4. The maximum absolute atomic E-state index is 12.8. The highest BCUT2D eigenvalue weighted by molar-refractivity contribution is 7.99. The molecule has 2 N–H and O–H groups in total. The van der Waals surface area contributed by atoms with Gasteiger partial charge in [-0.25, -0.2) is 4.79 Å². The normalized spacial score (nSPS) is 13.4. The van der Waals surface area contributed by atoms with Gasteiger partial charge in [-0.1, -0.05) is 62.0 Å². The van der Waals surface area contributed by atoms with Crippen molar-refractivity contribution in [3.8, 4) is 0 Å². The zero-order chi connectivity index (χ0) is 23.9. The molecule has 0 spiro atoms. The van der Waals surface area contributed by atoms with Crippen LogP contribution in [0.2, 0.25) is 0 Å². The van der Waals surface area contributed by atoms with E-state index in [0.717, 1.165) is 29.7 Å². The second-order valence-corrected chi connectivity index (χ2v) is 9.67. The molecule has 34 heavy (non-hydrogen) atoms. The molecular weight excluding hydrogens is 448 g/mol. The number of hydrogen-bond acceptors (Lipinski definition) is 5. The lowest BCUT2D eigenvalue weighted by atomic mass is 10.1. The topological polar surface area (TPSA) is 92.2 Å². The highest BCUT2D eigenvalue weighted by atomic mass is 32.2. The Bertz CT molecular complexity index is 1130. The molecule has 9 heteroatoms. The van der Waals surface area contributed by atoms with Gasteiger partial charge in [0.1, 0.15) is 0 Å². The van der Waals surface area contributed by atoms with Gasteiger partial charge in [-0.2, -0.15) is 0 Å². The second kappa shape index (κ2) is 11.2. The summed E-state index contributed by atoms with van der Waals surface area (Å²) in [4.78, 5) is 26.4. The van der Waals surface area contributed by atoms with Crippen LogP contribution in [0.4, 0.5) is 10.5 Å². The van der Waals surface area contributed by atoms with Crippen LogP contribution in [0.15, 0.2) is 59.8 Å². The van der Waals surface area contributed by atoms with Crippen molar-refractivity contribution in [3.63, 3.8) is 0 Å². The van der Waals surface area contributed by atoms with Gasteiger partial charge in [0.05, 0.1) is 6.54 Å². The molecule has 3 amide bonds. The summed E-state index contributed by atoms with van der Waals surface area (Å²) in [5.74, 6) is 1.85. The van der Waals surface area contributed by atoms with Crippen molar-refractivity contribution in [1.29, 1.82) is 0 Å². The minimum absolute atomic E-state index is 0.142. The average molecular weight is 479 g/mol. The first-order valence-electron chi connectivity index (χ1n) is 11.5.